The van der Waals surface area contributed by atoms with Crippen molar-refractivity contribution in [1.82, 2.24) is 10.6 Å². The number of hydrogen-bond donors (Lipinski definition) is 2. The third-order valence-electron chi connectivity index (χ3n) is 5.33. The van der Waals surface area contributed by atoms with Gasteiger partial charge in [-0.05, 0) is 70.1 Å². The van der Waals surface area contributed by atoms with Crippen LogP contribution in [-0.2, 0) is 17.5 Å². The van der Waals surface area contributed by atoms with Gasteiger partial charge in [0.05, 0.1) is 5.56 Å². The van der Waals surface area contributed by atoms with Crippen LogP contribution >= 0.6 is 0 Å². The van der Waals surface area contributed by atoms with E-state index in [0.29, 0.717) is 24.4 Å². The Hall–Kier alpha value is -1.76. The summed E-state index contributed by atoms with van der Waals surface area (Å²) in [6.07, 6.45) is 0.112. The van der Waals surface area contributed by atoms with Crippen LogP contribution in [0.4, 0.5) is 13.2 Å². The second-order valence-electron chi connectivity index (χ2n) is 8.99. The molecule has 0 radical (unpaired) electrons. The lowest BCUT2D eigenvalue weighted by Gasteiger charge is -2.28. The summed E-state index contributed by atoms with van der Waals surface area (Å²) in [4.78, 5) is 12.3. The second-order valence-corrected chi connectivity index (χ2v) is 8.99. The minimum absolute atomic E-state index is 0.0486. The van der Waals surface area contributed by atoms with Gasteiger partial charge in [0.15, 0.2) is 0 Å². The second kappa shape index (κ2) is 7.93. The monoisotopic (exact) mass is 398 g/mol. The van der Waals surface area contributed by atoms with Gasteiger partial charge < -0.3 is 15.4 Å². The number of benzene rings is 1. The van der Waals surface area contributed by atoms with E-state index in [-0.39, 0.29) is 23.8 Å². The van der Waals surface area contributed by atoms with Crippen LogP contribution in [-0.4, -0.2) is 23.6 Å². The van der Waals surface area contributed by atoms with Crippen molar-refractivity contribution in [3.05, 3.63) is 29.3 Å². The fourth-order valence-electron chi connectivity index (χ4n) is 4.26. The lowest BCUT2D eigenvalue weighted by Crippen LogP contribution is -2.39. The van der Waals surface area contributed by atoms with Crippen molar-refractivity contribution in [2.75, 3.05) is 0 Å². The standard InChI is InChI=1S/C21H29F3N2O2/c1-20(2,3)28-17-7-4-14(18(11-17)21(22,23)24)12-25-19(27)10-13-8-15-5-6-16(9-13)26-15/h4,7,11,13,15-16,26H,5-6,8-10,12H2,1-3H3,(H,25,27). The summed E-state index contributed by atoms with van der Waals surface area (Å²) in [6.45, 7) is 5.20. The number of halogens is 3. The molecule has 2 unspecified atom stereocenters. The Morgan fingerprint density at radius 3 is 2.39 bits per heavy atom. The first-order chi connectivity index (χ1) is 13.0. The molecule has 4 nitrogen and oxygen atoms in total. The number of hydrogen-bond acceptors (Lipinski definition) is 3. The molecule has 28 heavy (non-hydrogen) atoms. The van der Waals surface area contributed by atoms with Gasteiger partial charge in [-0.15, -0.1) is 0 Å². The van der Waals surface area contributed by atoms with Crippen LogP contribution in [0.25, 0.3) is 0 Å². The molecule has 2 N–H and O–H groups in total. The molecule has 0 aliphatic carbocycles. The van der Waals surface area contributed by atoms with Gasteiger partial charge >= 0.3 is 6.18 Å². The van der Waals surface area contributed by atoms with Crippen LogP contribution in [0, 0.1) is 5.92 Å². The summed E-state index contributed by atoms with van der Waals surface area (Å²) >= 11 is 0. The highest BCUT2D eigenvalue weighted by Crippen LogP contribution is 2.36. The van der Waals surface area contributed by atoms with Crippen LogP contribution in [0.5, 0.6) is 5.75 Å². The van der Waals surface area contributed by atoms with Crippen molar-refractivity contribution in [1.29, 1.82) is 0 Å². The van der Waals surface area contributed by atoms with Crippen LogP contribution < -0.4 is 15.4 Å². The Kier molecular flexibility index (Phi) is 5.94. The molecule has 156 valence electrons. The Morgan fingerprint density at radius 2 is 1.82 bits per heavy atom. The first-order valence-electron chi connectivity index (χ1n) is 9.91. The number of alkyl halides is 3. The molecule has 1 aromatic rings. The highest BCUT2D eigenvalue weighted by atomic mass is 19.4. The maximum atomic E-state index is 13.5. The molecule has 0 saturated carbocycles. The zero-order chi connectivity index (χ0) is 20.5. The zero-order valence-electron chi connectivity index (χ0n) is 16.7. The maximum absolute atomic E-state index is 13.5. The number of fused-ring (bicyclic) bond motifs is 2. The van der Waals surface area contributed by atoms with Gasteiger partial charge in [0.2, 0.25) is 5.91 Å². The number of nitrogens with one attached hydrogen (secondary N) is 2. The quantitative estimate of drug-likeness (QED) is 0.772. The smallest absolute Gasteiger partial charge is 0.416 e. The number of amides is 1. The Morgan fingerprint density at radius 1 is 1.18 bits per heavy atom. The molecule has 0 spiro atoms. The highest BCUT2D eigenvalue weighted by Gasteiger charge is 2.35. The third kappa shape index (κ3) is 5.63. The van der Waals surface area contributed by atoms with E-state index in [1.807, 2.05) is 0 Å². The van der Waals surface area contributed by atoms with Gasteiger partial charge in [-0.1, -0.05) is 6.07 Å². The van der Waals surface area contributed by atoms with Crippen LogP contribution in [0.3, 0.4) is 0 Å². The van der Waals surface area contributed by atoms with Crippen LogP contribution in [0.1, 0.15) is 64.0 Å². The molecule has 2 bridgehead atoms. The van der Waals surface area contributed by atoms with E-state index >= 15 is 0 Å². The molecule has 0 aromatic heterocycles. The van der Waals surface area contributed by atoms with E-state index < -0.39 is 17.3 Å². The molecule has 2 saturated heterocycles. The van der Waals surface area contributed by atoms with E-state index in [1.165, 1.54) is 12.1 Å². The van der Waals surface area contributed by atoms with Crippen molar-refractivity contribution < 1.29 is 22.7 Å². The maximum Gasteiger partial charge on any atom is 0.416 e. The van der Waals surface area contributed by atoms with Gasteiger partial charge in [0.1, 0.15) is 11.4 Å². The summed E-state index contributed by atoms with van der Waals surface area (Å²) in [5.41, 5.74) is -1.31. The largest absolute Gasteiger partial charge is 0.488 e. The van der Waals surface area contributed by atoms with Crippen molar-refractivity contribution in [3.8, 4) is 5.75 Å². The average Bonchev–Trinajstić information content (AvgIpc) is 2.90. The number of carbonyl (C=O) groups is 1. The zero-order valence-corrected chi connectivity index (χ0v) is 16.7. The molecule has 1 amide bonds. The number of piperidine rings is 1. The van der Waals surface area contributed by atoms with Crippen molar-refractivity contribution in [2.45, 2.75) is 83.3 Å². The summed E-state index contributed by atoms with van der Waals surface area (Å²) in [7, 11) is 0. The van der Waals surface area contributed by atoms with E-state index in [0.717, 1.165) is 31.7 Å². The Bertz CT molecular complexity index is 701. The molecule has 7 heteroatoms. The average molecular weight is 398 g/mol. The fourth-order valence-corrected chi connectivity index (χ4v) is 4.26. The van der Waals surface area contributed by atoms with Gasteiger partial charge in [0, 0.05) is 25.0 Å². The van der Waals surface area contributed by atoms with E-state index in [2.05, 4.69) is 10.6 Å². The lowest BCUT2D eigenvalue weighted by molar-refractivity contribution is -0.138. The van der Waals surface area contributed by atoms with Gasteiger partial charge in [-0.25, -0.2) is 0 Å². The highest BCUT2D eigenvalue weighted by molar-refractivity contribution is 5.76. The predicted octanol–water partition coefficient (Wildman–Crippen LogP) is 4.42. The molecule has 1 aromatic carbocycles. The van der Waals surface area contributed by atoms with Crippen molar-refractivity contribution in [2.24, 2.45) is 5.92 Å². The van der Waals surface area contributed by atoms with Crippen molar-refractivity contribution >= 4 is 5.91 Å². The Labute approximate surface area is 164 Å². The van der Waals surface area contributed by atoms with Gasteiger partial charge in [-0.3, -0.25) is 4.79 Å². The summed E-state index contributed by atoms with van der Waals surface area (Å²) in [5.74, 6) is 0.290. The van der Waals surface area contributed by atoms with Crippen LogP contribution in [0.2, 0.25) is 0 Å². The van der Waals surface area contributed by atoms with Crippen molar-refractivity contribution in [3.63, 3.8) is 0 Å². The van der Waals surface area contributed by atoms with Gasteiger partial charge in [0.25, 0.3) is 0 Å². The molecule has 2 atom stereocenters. The Balaban J connectivity index is 1.61. The first kappa shape index (κ1) is 21.0. The minimum Gasteiger partial charge on any atom is -0.488 e. The third-order valence-corrected chi connectivity index (χ3v) is 5.33. The molecular weight excluding hydrogens is 369 g/mol. The SMILES string of the molecule is CC(C)(C)Oc1ccc(CNC(=O)CC2CC3CCC(C2)N3)c(C(F)(F)F)c1. The first-order valence-corrected chi connectivity index (χ1v) is 9.91. The topological polar surface area (TPSA) is 50.4 Å². The normalized spacial score (nSPS) is 24.9. The predicted molar refractivity (Wildman–Crippen MR) is 101 cm³/mol. The summed E-state index contributed by atoms with van der Waals surface area (Å²) in [5, 5.41) is 6.20. The minimum atomic E-state index is -4.51. The molecule has 2 aliphatic rings. The number of ether oxygens (including phenoxy) is 1. The van der Waals surface area contributed by atoms with Crippen LogP contribution in [0.15, 0.2) is 18.2 Å². The number of carbonyl (C=O) groups excluding carboxylic acids is 1. The fraction of sp³-hybridized carbons (Fsp3) is 0.667. The van der Waals surface area contributed by atoms with E-state index in [9.17, 15) is 18.0 Å². The van der Waals surface area contributed by atoms with Gasteiger partial charge in [-0.2, -0.15) is 13.2 Å². The molecule has 2 aliphatic heterocycles. The molecular formula is C21H29F3N2O2. The molecule has 2 fully saturated rings. The van der Waals surface area contributed by atoms with E-state index in [1.54, 1.807) is 20.8 Å². The molecule has 3 rings (SSSR count). The van der Waals surface area contributed by atoms with E-state index in [4.69, 9.17) is 4.74 Å². The molecule has 2 heterocycles. The number of rotatable bonds is 5. The summed E-state index contributed by atoms with van der Waals surface area (Å²) < 4.78 is 46.0. The summed E-state index contributed by atoms with van der Waals surface area (Å²) in [6, 6.07) is 4.89. The lowest BCUT2D eigenvalue weighted by atomic mass is 9.89.